The normalized spacial score (nSPS) is 10.2. The Bertz CT molecular complexity index is 617. The first-order valence-corrected chi connectivity index (χ1v) is 6.05. The van der Waals surface area contributed by atoms with Crippen LogP contribution in [0, 0.1) is 11.6 Å². The first kappa shape index (κ1) is 14.3. The number of anilines is 1. The van der Waals surface area contributed by atoms with Crippen molar-refractivity contribution >= 4 is 23.2 Å². The second-order valence-corrected chi connectivity index (χ2v) is 4.36. The van der Waals surface area contributed by atoms with Crippen molar-refractivity contribution in [2.24, 2.45) is 0 Å². The van der Waals surface area contributed by atoms with E-state index in [1.807, 2.05) is 0 Å². The number of halogens is 3. The van der Waals surface area contributed by atoms with Crippen LogP contribution in [-0.4, -0.2) is 12.5 Å². The number of carbonyl (C=O) groups is 1. The maximum atomic E-state index is 12.9. The van der Waals surface area contributed by atoms with Crippen molar-refractivity contribution in [3.8, 4) is 5.75 Å². The van der Waals surface area contributed by atoms with Crippen molar-refractivity contribution in [1.29, 1.82) is 0 Å². The average molecular weight is 298 g/mol. The molecule has 0 fully saturated rings. The topological polar surface area (TPSA) is 38.3 Å². The zero-order valence-electron chi connectivity index (χ0n) is 10.2. The number of hydrogen-bond donors (Lipinski definition) is 1. The molecule has 0 aliphatic carbocycles. The van der Waals surface area contributed by atoms with Crippen molar-refractivity contribution in [3.05, 3.63) is 59.1 Å². The molecular weight excluding hydrogens is 288 g/mol. The number of benzene rings is 2. The molecule has 2 aromatic rings. The van der Waals surface area contributed by atoms with Gasteiger partial charge in [0.1, 0.15) is 5.75 Å². The summed E-state index contributed by atoms with van der Waals surface area (Å²) in [7, 11) is 0. The minimum absolute atomic E-state index is 0.161. The summed E-state index contributed by atoms with van der Waals surface area (Å²) < 4.78 is 30.9. The fourth-order valence-corrected chi connectivity index (χ4v) is 1.58. The van der Waals surface area contributed by atoms with Gasteiger partial charge in [0.15, 0.2) is 18.2 Å². The second kappa shape index (κ2) is 6.34. The van der Waals surface area contributed by atoms with Crippen LogP contribution in [0.2, 0.25) is 5.02 Å². The monoisotopic (exact) mass is 297 g/mol. The summed E-state index contributed by atoms with van der Waals surface area (Å²) >= 11 is 5.71. The molecule has 0 radical (unpaired) electrons. The molecule has 2 rings (SSSR count). The molecule has 3 nitrogen and oxygen atoms in total. The van der Waals surface area contributed by atoms with Gasteiger partial charge >= 0.3 is 0 Å². The van der Waals surface area contributed by atoms with Crippen LogP contribution in [0.25, 0.3) is 0 Å². The highest BCUT2D eigenvalue weighted by atomic mass is 35.5. The fourth-order valence-electron chi connectivity index (χ4n) is 1.45. The largest absolute Gasteiger partial charge is 0.484 e. The molecule has 0 atom stereocenters. The molecule has 0 unspecified atom stereocenters. The molecule has 0 aliphatic heterocycles. The van der Waals surface area contributed by atoms with Crippen LogP contribution in [0.5, 0.6) is 5.75 Å². The van der Waals surface area contributed by atoms with Crippen molar-refractivity contribution in [2.75, 3.05) is 11.9 Å². The van der Waals surface area contributed by atoms with Crippen LogP contribution < -0.4 is 10.1 Å². The van der Waals surface area contributed by atoms with E-state index in [2.05, 4.69) is 5.32 Å². The Labute approximate surface area is 119 Å². The summed E-state index contributed by atoms with van der Waals surface area (Å²) in [6.07, 6.45) is 0. The highest BCUT2D eigenvalue weighted by Crippen LogP contribution is 2.16. The zero-order chi connectivity index (χ0) is 14.5. The summed E-state index contributed by atoms with van der Waals surface area (Å²) in [5, 5.41) is 2.95. The van der Waals surface area contributed by atoms with Crippen LogP contribution >= 0.6 is 11.6 Å². The molecule has 0 aliphatic rings. The predicted molar refractivity (Wildman–Crippen MR) is 71.9 cm³/mol. The van der Waals surface area contributed by atoms with E-state index in [-0.39, 0.29) is 12.3 Å². The Morgan fingerprint density at radius 2 is 1.80 bits per heavy atom. The lowest BCUT2D eigenvalue weighted by Gasteiger charge is -2.07. The summed E-state index contributed by atoms with van der Waals surface area (Å²) in [6, 6.07) is 9.59. The Hall–Kier alpha value is -2.14. The number of hydrogen-bond acceptors (Lipinski definition) is 2. The molecule has 0 saturated carbocycles. The number of amides is 1. The van der Waals surface area contributed by atoms with Crippen LogP contribution in [0.15, 0.2) is 42.5 Å². The third-order valence-electron chi connectivity index (χ3n) is 2.39. The zero-order valence-corrected chi connectivity index (χ0v) is 11.0. The van der Waals surface area contributed by atoms with E-state index in [4.69, 9.17) is 16.3 Å². The molecule has 6 heteroatoms. The van der Waals surface area contributed by atoms with E-state index in [0.29, 0.717) is 10.8 Å². The standard InChI is InChI=1S/C14H10ClF2NO2/c15-9-1-4-11(5-2-9)20-8-14(19)18-10-3-6-12(16)13(17)7-10/h1-7H,8H2,(H,18,19). The Kier molecular flexibility index (Phi) is 4.53. The predicted octanol–water partition coefficient (Wildman–Crippen LogP) is 3.64. The van der Waals surface area contributed by atoms with Gasteiger partial charge in [-0.3, -0.25) is 4.79 Å². The van der Waals surface area contributed by atoms with Gasteiger partial charge in [-0.1, -0.05) is 11.6 Å². The average Bonchev–Trinajstić information content (AvgIpc) is 2.42. The lowest BCUT2D eigenvalue weighted by Crippen LogP contribution is -2.20. The molecule has 20 heavy (non-hydrogen) atoms. The first-order valence-electron chi connectivity index (χ1n) is 5.68. The minimum Gasteiger partial charge on any atom is -0.484 e. The minimum atomic E-state index is -1.03. The van der Waals surface area contributed by atoms with Crippen molar-refractivity contribution in [2.45, 2.75) is 0 Å². The van der Waals surface area contributed by atoms with Crippen molar-refractivity contribution < 1.29 is 18.3 Å². The number of ether oxygens (including phenoxy) is 1. The summed E-state index contributed by atoms with van der Waals surface area (Å²) in [5.41, 5.74) is 0.161. The van der Waals surface area contributed by atoms with Gasteiger partial charge in [-0.15, -0.1) is 0 Å². The Morgan fingerprint density at radius 3 is 2.45 bits per heavy atom. The maximum absolute atomic E-state index is 12.9. The van der Waals surface area contributed by atoms with E-state index in [9.17, 15) is 13.6 Å². The van der Waals surface area contributed by atoms with Crippen LogP contribution in [0.3, 0.4) is 0 Å². The van der Waals surface area contributed by atoms with E-state index < -0.39 is 17.5 Å². The SMILES string of the molecule is O=C(COc1ccc(Cl)cc1)Nc1ccc(F)c(F)c1. The third kappa shape index (κ3) is 3.93. The smallest absolute Gasteiger partial charge is 0.262 e. The molecular formula is C14H10ClF2NO2. The lowest BCUT2D eigenvalue weighted by atomic mass is 10.3. The lowest BCUT2D eigenvalue weighted by molar-refractivity contribution is -0.118. The van der Waals surface area contributed by atoms with Gasteiger partial charge in [-0.2, -0.15) is 0 Å². The number of rotatable bonds is 4. The van der Waals surface area contributed by atoms with E-state index >= 15 is 0 Å². The second-order valence-electron chi connectivity index (χ2n) is 3.92. The van der Waals surface area contributed by atoms with Gasteiger partial charge in [-0.25, -0.2) is 8.78 Å². The third-order valence-corrected chi connectivity index (χ3v) is 2.64. The maximum Gasteiger partial charge on any atom is 0.262 e. The van der Waals surface area contributed by atoms with Crippen LogP contribution in [-0.2, 0) is 4.79 Å². The van der Waals surface area contributed by atoms with Gasteiger partial charge in [0.25, 0.3) is 5.91 Å². The molecule has 0 aromatic heterocycles. The highest BCUT2D eigenvalue weighted by Gasteiger charge is 2.07. The molecule has 0 heterocycles. The summed E-state index contributed by atoms with van der Waals surface area (Å²) in [5.74, 6) is -2.00. The number of nitrogens with one attached hydrogen (secondary N) is 1. The molecule has 0 spiro atoms. The molecule has 1 N–H and O–H groups in total. The Balaban J connectivity index is 1.89. The van der Waals surface area contributed by atoms with E-state index in [1.165, 1.54) is 6.07 Å². The number of carbonyl (C=O) groups excluding carboxylic acids is 1. The van der Waals surface area contributed by atoms with Crippen LogP contribution in [0.4, 0.5) is 14.5 Å². The Morgan fingerprint density at radius 1 is 1.10 bits per heavy atom. The molecule has 104 valence electrons. The van der Waals surface area contributed by atoms with Gasteiger partial charge in [0.05, 0.1) is 0 Å². The quantitative estimate of drug-likeness (QED) is 0.936. The summed E-state index contributed by atoms with van der Waals surface area (Å²) in [4.78, 5) is 11.6. The summed E-state index contributed by atoms with van der Waals surface area (Å²) in [6.45, 7) is -0.249. The molecule has 2 aromatic carbocycles. The first-order chi connectivity index (χ1) is 9.54. The van der Waals surface area contributed by atoms with Gasteiger partial charge in [-0.05, 0) is 36.4 Å². The van der Waals surface area contributed by atoms with E-state index in [1.54, 1.807) is 24.3 Å². The van der Waals surface area contributed by atoms with Crippen LogP contribution in [0.1, 0.15) is 0 Å². The molecule has 0 saturated heterocycles. The molecule has 1 amide bonds. The van der Waals surface area contributed by atoms with E-state index in [0.717, 1.165) is 12.1 Å². The van der Waals surface area contributed by atoms with Gasteiger partial charge in [0, 0.05) is 16.8 Å². The van der Waals surface area contributed by atoms with Gasteiger partial charge < -0.3 is 10.1 Å². The fraction of sp³-hybridized carbons (Fsp3) is 0.0714. The van der Waals surface area contributed by atoms with Gasteiger partial charge in [0.2, 0.25) is 0 Å². The molecule has 0 bridgehead atoms. The van der Waals surface area contributed by atoms with Crippen molar-refractivity contribution in [1.82, 2.24) is 0 Å². The highest BCUT2D eigenvalue weighted by molar-refractivity contribution is 6.30. The van der Waals surface area contributed by atoms with Crippen molar-refractivity contribution in [3.63, 3.8) is 0 Å².